The van der Waals surface area contributed by atoms with E-state index in [4.69, 9.17) is 4.74 Å². The number of aromatic nitrogens is 4. The summed E-state index contributed by atoms with van der Waals surface area (Å²) >= 11 is 0. The van der Waals surface area contributed by atoms with Crippen LogP contribution in [0.4, 0.5) is 0 Å². The third-order valence-electron chi connectivity index (χ3n) is 6.31. The van der Waals surface area contributed by atoms with Gasteiger partial charge in [0.1, 0.15) is 12.4 Å². The number of para-hydroxylation sites is 1. The number of amides is 1. The minimum Gasteiger partial charge on any atom is -0.487 e. The molecule has 1 fully saturated rings. The van der Waals surface area contributed by atoms with Crippen LogP contribution in [0.1, 0.15) is 35.3 Å². The largest absolute Gasteiger partial charge is 0.487 e. The van der Waals surface area contributed by atoms with E-state index in [2.05, 4.69) is 20.4 Å². The summed E-state index contributed by atoms with van der Waals surface area (Å²) < 4.78 is 7.11. The zero-order valence-electron chi connectivity index (χ0n) is 18.5. The van der Waals surface area contributed by atoms with E-state index in [0.717, 1.165) is 24.8 Å². The molecule has 9 heteroatoms. The summed E-state index contributed by atoms with van der Waals surface area (Å²) in [6.45, 7) is 0.539. The first-order valence-electron chi connectivity index (χ1n) is 11.2. The highest BCUT2D eigenvalue weighted by Crippen LogP contribution is 2.39. The van der Waals surface area contributed by atoms with Crippen LogP contribution < -0.4 is 15.6 Å². The van der Waals surface area contributed by atoms with Crippen molar-refractivity contribution in [1.82, 2.24) is 24.9 Å². The molecule has 4 aromatic rings. The van der Waals surface area contributed by atoms with Gasteiger partial charge in [0.2, 0.25) is 5.78 Å². The van der Waals surface area contributed by atoms with Crippen molar-refractivity contribution in [2.24, 2.45) is 5.41 Å². The highest BCUT2D eigenvalue weighted by molar-refractivity contribution is 5.96. The van der Waals surface area contributed by atoms with Crippen molar-refractivity contribution in [3.63, 3.8) is 0 Å². The first-order chi connectivity index (χ1) is 16.6. The van der Waals surface area contributed by atoms with Gasteiger partial charge in [-0.15, -0.1) is 5.10 Å². The summed E-state index contributed by atoms with van der Waals surface area (Å²) in [7, 11) is 0. The van der Waals surface area contributed by atoms with Crippen LogP contribution in [0.25, 0.3) is 17.2 Å². The molecule has 3 N–H and O–H groups in total. The van der Waals surface area contributed by atoms with E-state index in [9.17, 15) is 14.7 Å². The number of rotatable bonds is 8. The predicted octanol–water partition coefficient (Wildman–Crippen LogP) is 2.56. The quantitative estimate of drug-likeness (QED) is 0.372. The van der Waals surface area contributed by atoms with Gasteiger partial charge < -0.3 is 20.1 Å². The normalized spacial score (nSPS) is 14.5. The Bertz CT molecular complexity index is 1370. The summed E-state index contributed by atoms with van der Waals surface area (Å²) in [6.07, 6.45) is 2.89. The van der Waals surface area contributed by atoms with Crippen LogP contribution in [0.5, 0.6) is 5.75 Å². The number of nitrogens with zero attached hydrogens (tertiary/aromatic N) is 3. The average Bonchev–Trinajstić information content (AvgIpc) is 3.28. The Labute approximate surface area is 195 Å². The van der Waals surface area contributed by atoms with Crippen molar-refractivity contribution in [3.8, 4) is 17.1 Å². The number of carbonyl (C=O) groups excluding carboxylic acids is 1. The van der Waals surface area contributed by atoms with Crippen molar-refractivity contribution >= 4 is 11.7 Å². The molecule has 2 heterocycles. The second-order valence-corrected chi connectivity index (χ2v) is 8.65. The zero-order valence-corrected chi connectivity index (χ0v) is 18.5. The van der Waals surface area contributed by atoms with Gasteiger partial charge in [-0.2, -0.15) is 9.50 Å². The maximum absolute atomic E-state index is 12.8. The van der Waals surface area contributed by atoms with Gasteiger partial charge in [-0.3, -0.25) is 9.59 Å². The van der Waals surface area contributed by atoms with E-state index in [1.54, 1.807) is 24.3 Å². The molecule has 1 saturated carbocycles. The minimum atomic E-state index is -0.331. The van der Waals surface area contributed by atoms with Gasteiger partial charge in [0.15, 0.2) is 5.82 Å². The number of hydrogen-bond acceptors (Lipinski definition) is 6. The summed E-state index contributed by atoms with van der Waals surface area (Å²) in [5.74, 6) is 0.898. The molecule has 0 atom stereocenters. The van der Waals surface area contributed by atoms with E-state index >= 15 is 0 Å². The number of aromatic amines is 1. The first kappa shape index (κ1) is 21.8. The molecule has 0 spiro atoms. The fraction of sp³-hybridized carbons (Fsp3) is 0.280. The Morgan fingerprint density at radius 3 is 2.65 bits per heavy atom. The van der Waals surface area contributed by atoms with Crippen LogP contribution in [0, 0.1) is 5.41 Å². The molecule has 9 nitrogen and oxygen atoms in total. The Morgan fingerprint density at radius 1 is 1.15 bits per heavy atom. The number of aliphatic hydroxyl groups is 1. The molecule has 2 aromatic carbocycles. The fourth-order valence-electron chi connectivity index (χ4n) is 4.09. The number of carbonyl (C=O) groups is 1. The average molecular weight is 460 g/mol. The molecular formula is C25H25N5O4. The van der Waals surface area contributed by atoms with Crippen LogP contribution in [-0.4, -0.2) is 43.7 Å². The lowest BCUT2D eigenvalue weighted by Gasteiger charge is -2.40. The molecule has 1 aliphatic carbocycles. The summed E-state index contributed by atoms with van der Waals surface area (Å²) in [6, 6.07) is 17.8. The summed E-state index contributed by atoms with van der Waals surface area (Å²) in [4.78, 5) is 32.9. The molecule has 0 aliphatic heterocycles. The lowest BCUT2D eigenvalue weighted by atomic mass is 9.69. The molecule has 0 unspecified atom stereocenters. The number of fused-ring (bicyclic) bond motifs is 1. The Hall–Kier alpha value is -3.98. The van der Waals surface area contributed by atoms with Gasteiger partial charge in [0, 0.05) is 23.6 Å². The zero-order chi connectivity index (χ0) is 23.5. The third-order valence-corrected chi connectivity index (χ3v) is 6.31. The van der Waals surface area contributed by atoms with Crippen molar-refractivity contribution in [2.45, 2.75) is 25.9 Å². The molecule has 174 valence electrons. The van der Waals surface area contributed by atoms with Crippen molar-refractivity contribution in [1.29, 1.82) is 0 Å². The number of ether oxygens (including phenoxy) is 1. The molecule has 0 bridgehead atoms. The second kappa shape index (κ2) is 9.11. The number of hydrogen-bond donors (Lipinski definition) is 3. The monoisotopic (exact) mass is 459 g/mol. The van der Waals surface area contributed by atoms with E-state index in [-0.39, 0.29) is 30.1 Å². The molecule has 0 radical (unpaired) electrons. The van der Waals surface area contributed by atoms with Crippen LogP contribution in [0.3, 0.4) is 0 Å². The third kappa shape index (κ3) is 4.29. The highest BCUT2D eigenvalue weighted by Gasteiger charge is 2.36. The van der Waals surface area contributed by atoms with E-state index < -0.39 is 0 Å². The van der Waals surface area contributed by atoms with Gasteiger partial charge in [0.05, 0.1) is 17.9 Å². The van der Waals surface area contributed by atoms with Crippen LogP contribution in [0.2, 0.25) is 0 Å². The topological polar surface area (TPSA) is 122 Å². The van der Waals surface area contributed by atoms with Gasteiger partial charge in [0.25, 0.3) is 11.5 Å². The number of benzene rings is 2. The number of aliphatic hydroxyl groups excluding tert-OH is 1. The Kier molecular flexibility index (Phi) is 5.85. The lowest BCUT2D eigenvalue weighted by Crippen LogP contribution is -2.44. The summed E-state index contributed by atoms with van der Waals surface area (Å²) in [5, 5.41) is 16.8. The maximum Gasteiger partial charge on any atom is 0.276 e. The molecule has 34 heavy (non-hydrogen) atoms. The molecular weight excluding hydrogens is 434 g/mol. The number of H-pyrrole nitrogens is 1. The van der Waals surface area contributed by atoms with Crippen LogP contribution in [-0.2, 0) is 6.61 Å². The fourth-order valence-corrected chi connectivity index (χ4v) is 4.09. The van der Waals surface area contributed by atoms with Crippen molar-refractivity contribution < 1.29 is 14.6 Å². The first-order valence-corrected chi connectivity index (χ1v) is 11.2. The smallest absolute Gasteiger partial charge is 0.276 e. The van der Waals surface area contributed by atoms with Crippen LogP contribution in [0.15, 0.2) is 65.5 Å². The van der Waals surface area contributed by atoms with E-state index in [0.29, 0.717) is 35.2 Å². The SMILES string of the molecule is O=C(NCC1(CO)CCC1)c1ccccc1OCc1cc(=O)n2nc(-c3ccccc3)nc2[nH]1. The maximum atomic E-state index is 12.8. The lowest BCUT2D eigenvalue weighted by molar-refractivity contribution is 0.0428. The number of nitrogens with one attached hydrogen (secondary N) is 2. The van der Waals surface area contributed by atoms with Crippen molar-refractivity contribution in [3.05, 3.63) is 82.3 Å². The molecule has 5 rings (SSSR count). The Balaban J connectivity index is 1.32. The molecule has 2 aromatic heterocycles. The van der Waals surface area contributed by atoms with Gasteiger partial charge in [-0.05, 0) is 25.0 Å². The predicted molar refractivity (Wildman–Crippen MR) is 126 cm³/mol. The van der Waals surface area contributed by atoms with Gasteiger partial charge in [-0.25, -0.2) is 0 Å². The van der Waals surface area contributed by atoms with E-state index in [1.807, 2.05) is 30.3 Å². The Morgan fingerprint density at radius 2 is 1.91 bits per heavy atom. The molecule has 1 amide bonds. The summed E-state index contributed by atoms with van der Waals surface area (Å²) in [5.41, 5.74) is 1.17. The minimum absolute atomic E-state index is 0.0458. The van der Waals surface area contributed by atoms with Gasteiger partial charge >= 0.3 is 0 Å². The van der Waals surface area contributed by atoms with Gasteiger partial charge in [-0.1, -0.05) is 48.9 Å². The van der Waals surface area contributed by atoms with Crippen molar-refractivity contribution in [2.75, 3.05) is 13.2 Å². The van der Waals surface area contributed by atoms with Crippen LogP contribution >= 0.6 is 0 Å². The van der Waals surface area contributed by atoms with E-state index in [1.165, 1.54) is 10.6 Å². The second-order valence-electron chi connectivity index (χ2n) is 8.65. The highest BCUT2D eigenvalue weighted by atomic mass is 16.5. The molecule has 1 aliphatic rings. The standard InChI is InChI=1S/C25H25N5O4/c31-16-25(11-6-12-25)15-26-23(33)19-9-4-5-10-20(19)34-14-18-13-21(32)30-24(27-18)28-22(29-30)17-7-2-1-3-8-17/h1-5,7-10,13,31H,6,11-12,14-16H2,(H,26,33)(H,27,28,29). The molecule has 0 saturated heterocycles.